The molecule has 2 heterocycles. The van der Waals surface area contributed by atoms with Crippen molar-refractivity contribution in [2.75, 3.05) is 19.5 Å². The van der Waals surface area contributed by atoms with Crippen molar-refractivity contribution in [2.45, 2.75) is 44.3 Å². The number of aliphatic hydroxyl groups is 2. The minimum Gasteiger partial charge on any atom is -0.388 e. The van der Waals surface area contributed by atoms with Crippen molar-refractivity contribution in [1.29, 1.82) is 0 Å². The van der Waals surface area contributed by atoms with Crippen molar-refractivity contribution in [3.63, 3.8) is 0 Å². The highest BCUT2D eigenvalue weighted by Gasteiger charge is 2.43. The molecule has 1 unspecified atom stereocenters. The van der Waals surface area contributed by atoms with Gasteiger partial charge in [0.05, 0.1) is 6.10 Å². The van der Waals surface area contributed by atoms with E-state index in [2.05, 4.69) is 24.6 Å². The average Bonchev–Trinajstić information content (AvgIpc) is 2.73. The minimum absolute atomic E-state index is 0.420. The van der Waals surface area contributed by atoms with Crippen LogP contribution in [0, 0.1) is 0 Å². The molecule has 7 nitrogen and oxygen atoms in total. The fourth-order valence-corrected chi connectivity index (χ4v) is 3.60. The van der Waals surface area contributed by atoms with E-state index in [1.54, 1.807) is 6.92 Å². The number of H-pyrrole nitrogens is 1. The zero-order chi connectivity index (χ0) is 17.4. The van der Waals surface area contributed by atoms with Crippen LogP contribution in [0.5, 0.6) is 0 Å². The standard InChI is InChI=1S/C15H25N2O5P/c1-5-9-8-17(15(21)16-13(9)20)14-12(19)11(18)10(22-14)6-7-23(2,3)4/h8,10-12,14,18-19H,2,5-7H2,1,3-4H3,(H,16,20,21)/t10-,11-,12-,14?/m1/s1. The van der Waals surface area contributed by atoms with Crippen LogP contribution >= 0.6 is 6.89 Å². The van der Waals surface area contributed by atoms with E-state index in [1.165, 1.54) is 6.20 Å². The van der Waals surface area contributed by atoms with E-state index < -0.39 is 42.7 Å². The second-order valence-electron chi connectivity index (χ2n) is 6.67. The average molecular weight is 344 g/mol. The maximum atomic E-state index is 12.0. The lowest BCUT2D eigenvalue weighted by molar-refractivity contribution is -0.0403. The summed E-state index contributed by atoms with van der Waals surface area (Å²) in [5, 5.41) is 20.4. The number of aryl methyl sites for hydroxylation is 1. The molecule has 23 heavy (non-hydrogen) atoms. The van der Waals surface area contributed by atoms with Crippen molar-refractivity contribution in [2.24, 2.45) is 0 Å². The maximum absolute atomic E-state index is 12.0. The van der Waals surface area contributed by atoms with Crippen LogP contribution in [0.4, 0.5) is 0 Å². The van der Waals surface area contributed by atoms with Gasteiger partial charge < -0.3 is 14.9 Å². The summed E-state index contributed by atoms with van der Waals surface area (Å²) in [5.41, 5.74) is -0.681. The minimum atomic E-state index is -1.27. The first kappa shape index (κ1) is 18.2. The van der Waals surface area contributed by atoms with Crippen molar-refractivity contribution in [3.8, 4) is 0 Å². The molecule has 8 heteroatoms. The lowest BCUT2D eigenvalue weighted by Crippen LogP contribution is -2.38. The molecule has 0 saturated carbocycles. The number of hydrogen-bond acceptors (Lipinski definition) is 5. The van der Waals surface area contributed by atoms with Crippen LogP contribution in [0.25, 0.3) is 0 Å². The van der Waals surface area contributed by atoms with E-state index in [0.717, 1.165) is 10.7 Å². The number of hydrogen-bond donors (Lipinski definition) is 3. The molecule has 0 radical (unpaired) electrons. The molecule has 0 amide bonds. The van der Waals surface area contributed by atoms with Gasteiger partial charge in [-0.3, -0.25) is 14.3 Å². The molecule has 0 spiro atoms. The Morgan fingerprint density at radius 2 is 2.00 bits per heavy atom. The fraction of sp³-hybridized carbons (Fsp3) is 0.667. The van der Waals surface area contributed by atoms with Crippen LogP contribution in [0.1, 0.15) is 25.1 Å². The van der Waals surface area contributed by atoms with Gasteiger partial charge >= 0.3 is 5.69 Å². The topological polar surface area (TPSA) is 105 Å². The Morgan fingerprint density at radius 1 is 1.35 bits per heavy atom. The summed E-state index contributed by atoms with van der Waals surface area (Å²) in [6.45, 7) is 4.69. The first-order valence-corrected chi connectivity index (χ1v) is 10.7. The highest BCUT2D eigenvalue weighted by Crippen LogP contribution is 2.39. The van der Waals surface area contributed by atoms with Gasteiger partial charge in [-0.05, 0) is 32.3 Å². The Kier molecular flexibility index (Phi) is 5.36. The van der Waals surface area contributed by atoms with Crippen LogP contribution in [-0.2, 0) is 11.2 Å². The number of aromatic nitrogens is 2. The highest BCUT2D eigenvalue weighted by atomic mass is 31.2. The van der Waals surface area contributed by atoms with E-state index in [-0.39, 0.29) is 0 Å². The molecule has 0 aromatic carbocycles. The molecule has 3 N–H and O–H groups in total. The normalized spacial score (nSPS) is 28.2. The van der Waals surface area contributed by atoms with E-state index in [9.17, 15) is 19.8 Å². The molecule has 0 bridgehead atoms. The molecule has 1 saturated heterocycles. The first-order valence-electron chi connectivity index (χ1n) is 7.67. The third-order valence-electron chi connectivity index (χ3n) is 4.05. The van der Waals surface area contributed by atoms with E-state index in [4.69, 9.17) is 4.74 Å². The third-order valence-corrected chi connectivity index (χ3v) is 5.52. The molecule has 4 atom stereocenters. The van der Waals surface area contributed by atoms with Gasteiger partial charge in [0, 0.05) is 11.8 Å². The van der Waals surface area contributed by atoms with E-state index in [0.29, 0.717) is 18.4 Å². The number of ether oxygens (including phenoxy) is 1. The monoisotopic (exact) mass is 344 g/mol. The zero-order valence-electron chi connectivity index (χ0n) is 13.7. The number of aliphatic hydroxyl groups excluding tert-OH is 2. The van der Waals surface area contributed by atoms with Crippen LogP contribution in [0.15, 0.2) is 15.8 Å². The largest absolute Gasteiger partial charge is 0.388 e. The number of nitrogens with one attached hydrogen (secondary N) is 1. The van der Waals surface area contributed by atoms with E-state index in [1.807, 2.05) is 0 Å². The third kappa shape index (κ3) is 4.04. The SMILES string of the molecule is C=P(C)(C)CC[C@H]1OC(n2cc(CC)c(=O)[nH]c2=O)[C@H](O)[C@@H]1O. The molecule has 1 aromatic heterocycles. The predicted molar refractivity (Wildman–Crippen MR) is 92.0 cm³/mol. The van der Waals surface area contributed by atoms with Gasteiger partial charge in [0.2, 0.25) is 0 Å². The summed E-state index contributed by atoms with van der Waals surface area (Å²) in [4.78, 5) is 25.9. The van der Waals surface area contributed by atoms with Crippen LogP contribution in [0.3, 0.4) is 0 Å². The summed E-state index contributed by atoms with van der Waals surface area (Å²) in [6.07, 6.45) is 3.48. The summed E-state index contributed by atoms with van der Waals surface area (Å²) >= 11 is 0. The molecule has 1 aromatic rings. The summed E-state index contributed by atoms with van der Waals surface area (Å²) in [5.74, 6) is 0. The number of nitrogens with zero attached hydrogens (tertiary/aromatic N) is 1. The van der Waals surface area contributed by atoms with E-state index >= 15 is 0 Å². The Hall–Kier alpha value is -1.14. The molecule has 1 aliphatic rings. The number of rotatable bonds is 5. The Balaban J connectivity index is 2.26. The number of aromatic amines is 1. The zero-order valence-corrected chi connectivity index (χ0v) is 14.6. The second-order valence-corrected chi connectivity index (χ2v) is 11.0. The van der Waals surface area contributed by atoms with Gasteiger partial charge in [-0.15, -0.1) is 13.2 Å². The Bertz CT molecular complexity index is 719. The predicted octanol–water partition coefficient (Wildman–Crippen LogP) is -0.182. The lowest BCUT2D eigenvalue weighted by atomic mass is 10.1. The smallest absolute Gasteiger partial charge is 0.330 e. The molecular weight excluding hydrogens is 319 g/mol. The molecule has 130 valence electrons. The maximum Gasteiger partial charge on any atom is 0.330 e. The van der Waals surface area contributed by atoms with Gasteiger partial charge in [0.1, 0.15) is 12.2 Å². The fourth-order valence-electron chi connectivity index (χ4n) is 2.64. The van der Waals surface area contributed by atoms with Crippen molar-refractivity contribution in [3.05, 3.63) is 32.6 Å². The highest BCUT2D eigenvalue weighted by molar-refractivity contribution is 7.72. The Labute approximate surface area is 134 Å². The Morgan fingerprint density at radius 3 is 2.57 bits per heavy atom. The van der Waals surface area contributed by atoms with Crippen LogP contribution in [0.2, 0.25) is 0 Å². The van der Waals surface area contributed by atoms with Crippen LogP contribution in [-0.4, -0.2) is 63.9 Å². The second kappa shape index (κ2) is 6.77. The van der Waals surface area contributed by atoms with Gasteiger partial charge in [-0.2, -0.15) is 0 Å². The summed E-state index contributed by atoms with van der Waals surface area (Å²) < 4.78 is 6.87. The molecular formula is C15H25N2O5P. The van der Waals surface area contributed by atoms with Gasteiger partial charge in [0.15, 0.2) is 6.23 Å². The van der Waals surface area contributed by atoms with Crippen molar-refractivity contribution >= 4 is 13.2 Å². The molecule has 0 aliphatic carbocycles. The quantitative estimate of drug-likeness (QED) is 0.643. The van der Waals surface area contributed by atoms with Gasteiger partial charge in [-0.25, -0.2) is 4.79 Å². The summed E-state index contributed by atoms with van der Waals surface area (Å²) in [7, 11) is 0. The first-order chi connectivity index (χ1) is 10.6. The van der Waals surface area contributed by atoms with Crippen molar-refractivity contribution < 1.29 is 14.9 Å². The summed E-state index contributed by atoms with van der Waals surface area (Å²) in [6, 6.07) is 0. The molecule has 2 rings (SSSR count). The molecule has 1 aliphatic heterocycles. The van der Waals surface area contributed by atoms with Crippen molar-refractivity contribution in [1.82, 2.24) is 9.55 Å². The van der Waals surface area contributed by atoms with Gasteiger partial charge in [-0.1, -0.05) is 6.92 Å². The lowest BCUT2D eigenvalue weighted by Gasteiger charge is -2.19. The molecule has 1 fully saturated rings. The van der Waals surface area contributed by atoms with Gasteiger partial charge in [0.25, 0.3) is 5.56 Å². The van der Waals surface area contributed by atoms with Crippen LogP contribution < -0.4 is 11.2 Å².